The molecule has 3 aromatic carbocycles. The van der Waals surface area contributed by atoms with Crippen LogP contribution < -0.4 is 10.5 Å². The molecule has 0 aromatic heterocycles. The number of carbonyl (C=O) groups is 2. The first-order valence-electron chi connectivity index (χ1n) is 11.8. The molecular formula is C29H32ClN3O4. The van der Waals surface area contributed by atoms with Crippen molar-refractivity contribution in [1.82, 2.24) is 4.90 Å². The van der Waals surface area contributed by atoms with Gasteiger partial charge in [-0.25, -0.2) is 0 Å². The first-order chi connectivity index (χ1) is 17.2. The van der Waals surface area contributed by atoms with Crippen LogP contribution in [0.5, 0.6) is 5.75 Å². The minimum atomic E-state index is -1.23. The van der Waals surface area contributed by atoms with Gasteiger partial charge in [0.15, 0.2) is 0 Å². The highest BCUT2D eigenvalue weighted by molar-refractivity contribution is 6.04. The molecule has 3 aromatic rings. The van der Waals surface area contributed by atoms with E-state index in [0.29, 0.717) is 24.3 Å². The number of nitrogens with two attached hydrogens (primary N) is 1. The fourth-order valence-electron chi connectivity index (χ4n) is 4.57. The SMILES string of the molecule is COC(=O)[C@@]1(C)C[C@@H](COc2ccc(-c3ccc(C(=N)N)cc3)cc2)N(Cc2ccc(C)cc2)C1=O.Cl. The zero-order chi connectivity index (χ0) is 25.9. The highest BCUT2D eigenvalue weighted by atomic mass is 35.5. The van der Waals surface area contributed by atoms with Crippen LogP contribution in [-0.2, 0) is 20.9 Å². The Bertz CT molecular complexity index is 1260. The molecule has 4 rings (SSSR count). The molecule has 0 saturated carbocycles. The Morgan fingerprint density at radius 3 is 2.14 bits per heavy atom. The Morgan fingerprint density at radius 2 is 1.59 bits per heavy atom. The van der Waals surface area contributed by atoms with Gasteiger partial charge in [0.05, 0.1) is 13.2 Å². The Morgan fingerprint density at radius 1 is 1.03 bits per heavy atom. The lowest BCUT2D eigenvalue weighted by Crippen LogP contribution is -2.40. The largest absolute Gasteiger partial charge is 0.491 e. The normalized spacial score (nSPS) is 18.7. The quantitative estimate of drug-likeness (QED) is 0.193. The summed E-state index contributed by atoms with van der Waals surface area (Å²) in [5.74, 6) is -0.0548. The number of nitrogens with one attached hydrogen (secondary N) is 1. The third-order valence-corrected chi connectivity index (χ3v) is 6.75. The number of nitrogen functional groups attached to an aromatic ring is 1. The molecule has 1 heterocycles. The molecule has 8 heteroatoms. The van der Waals surface area contributed by atoms with Gasteiger partial charge < -0.3 is 20.1 Å². The average Bonchev–Trinajstić information content (AvgIpc) is 3.14. The first kappa shape index (κ1) is 27.7. The van der Waals surface area contributed by atoms with Gasteiger partial charge in [0, 0.05) is 12.1 Å². The number of amides is 1. The van der Waals surface area contributed by atoms with Crippen molar-refractivity contribution < 1.29 is 19.1 Å². The van der Waals surface area contributed by atoms with Crippen LogP contribution in [0.3, 0.4) is 0 Å². The lowest BCUT2D eigenvalue weighted by molar-refractivity contribution is -0.158. The van der Waals surface area contributed by atoms with Crippen molar-refractivity contribution in [2.24, 2.45) is 11.1 Å². The Hall–Kier alpha value is -3.84. The second-order valence-electron chi connectivity index (χ2n) is 9.43. The van der Waals surface area contributed by atoms with Crippen molar-refractivity contribution in [2.45, 2.75) is 32.9 Å². The minimum Gasteiger partial charge on any atom is -0.491 e. The standard InChI is InChI=1S/C29H31N3O4.ClH/c1-19-4-6-20(7-5-19)17-32-24(16-29(2,27(32)33)28(34)35-3)18-36-25-14-12-22(13-15-25)21-8-10-23(11-9-21)26(30)31;/h4-15,24H,16-18H2,1-3H3,(H3,30,31);1H/t24-,29-;/m0./s1. The molecule has 7 nitrogen and oxygen atoms in total. The van der Waals surface area contributed by atoms with Crippen LogP contribution in [0.1, 0.15) is 30.0 Å². The highest BCUT2D eigenvalue weighted by Gasteiger charge is 2.54. The van der Waals surface area contributed by atoms with E-state index in [0.717, 1.165) is 22.3 Å². The summed E-state index contributed by atoms with van der Waals surface area (Å²) in [6.07, 6.45) is 0.324. The van der Waals surface area contributed by atoms with E-state index in [9.17, 15) is 9.59 Å². The molecule has 0 spiro atoms. The molecule has 1 fully saturated rings. The number of esters is 1. The molecule has 194 valence electrons. The maximum absolute atomic E-state index is 13.3. The van der Waals surface area contributed by atoms with E-state index in [1.807, 2.05) is 79.7 Å². The summed E-state index contributed by atoms with van der Waals surface area (Å²) >= 11 is 0. The topological polar surface area (TPSA) is 106 Å². The number of rotatable bonds is 8. The molecule has 37 heavy (non-hydrogen) atoms. The Labute approximate surface area is 223 Å². The van der Waals surface area contributed by atoms with E-state index in [1.165, 1.54) is 7.11 Å². The molecule has 2 atom stereocenters. The van der Waals surface area contributed by atoms with Crippen molar-refractivity contribution in [2.75, 3.05) is 13.7 Å². The number of aryl methyl sites for hydroxylation is 1. The van der Waals surface area contributed by atoms with Crippen LogP contribution >= 0.6 is 12.4 Å². The van der Waals surface area contributed by atoms with Gasteiger partial charge in [-0.15, -0.1) is 12.4 Å². The maximum Gasteiger partial charge on any atom is 0.321 e. The molecule has 1 amide bonds. The number of halogens is 1. The summed E-state index contributed by atoms with van der Waals surface area (Å²) < 4.78 is 11.0. The fraction of sp³-hybridized carbons (Fsp3) is 0.276. The van der Waals surface area contributed by atoms with Crippen molar-refractivity contribution in [3.63, 3.8) is 0 Å². The van der Waals surface area contributed by atoms with E-state index >= 15 is 0 Å². The third kappa shape index (κ3) is 5.94. The highest BCUT2D eigenvalue weighted by Crippen LogP contribution is 2.38. The number of hydrogen-bond acceptors (Lipinski definition) is 5. The molecule has 0 radical (unpaired) electrons. The van der Waals surface area contributed by atoms with Gasteiger partial charge >= 0.3 is 5.97 Å². The summed E-state index contributed by atoms with van der Waals surface area (Å²) in [7, 11) is 1.31. The van der Waals surface area contributed by atoms with Crippen molar-refractivity contribution in [3.05, 3.63) is 89.5 Å². The zero-order valence-electron chi connectivity index (χ0n) is 21.2. The number of nitrogens with zero attached hydrogens (tertiary/aromatic N) is 1. The second-order valence-corrected chi connectivity index (χ2v) is 9.43. The van der Waals surface area contributed by atoms with Gasteiger partial charge in [0.25, 0.3) is 0 Å². The number of likely N-dealkylation sites (tertiary alicyclic amines) is 1. The maximum atomic E-state index is 13.3. The molecule has 1 aliphatic heterocycles. The van der Waals surface area contributed by atoms with E-state index < -0.39 is 11.4 Å². The van der Waals surface area contributed by atoms with Crippen molar-refractivity contribution in [3.8, 4) is 16.9 Å². The molecule has 1 aliphatic rings. The monoisotopic (exact) mass is 521 g/mol. The lowest BCUT2D eigenvalue weighted by Gasteiger charge is -2.25. The number of benzene rings is 3. The van der Waals surface area contributed by atoms with Crippen LogP contribution in [0.15, 0.2) is 72.8 Å². The van der Waals surface area contributed by atoms with E-state index in [-0.39, 0.29) is 36.8 Å². The predicted molar refractivity (Wildman–Crippen MR) is 146 cm³/mol. The molecule has 0 unspecified atom stereocenters. The number of carbonyl (C=O) groups excluding carboxylic acids is 2. The number of methoxy groups -OCH3 is 1. The van der Waals surface area contributed by atoms with Crippen molar-refractivity contribution in [1.29, 1.82) is 5.41 Å². The minimum absolute atomic E-state index is 0. The van der Waals surface area contributed by atoms with Crippen LogP contribution in [-0.4, -0.2) is 42.4 Å². The van der Waals surface area contributed by atoms with Gasteiger partial charge in [-0.3, -0.25) is 15.0 Å². The van der Waals surface area contributed by atoms with Gasteiger partial charge in [-0.05, 0) is 49.1 Å². The summed E-state index contributed by atoms with van der Waals surface area (Å²) in [4.78, 5) is 27.6. The fourth-order valence-corrected chi connectivity index (χ4v) is 4.57. The van der Waals surface area contributed by atoms with E-state index in [2.05, 4.69) is 0 Å². The summed E-state index contributed by atoms with van der Waals surface area (Å²) in [6, 6.07) is 22.9. The summed E-state index contributed by atoms with van der Waals surface area (Å²) in [5, 5.41) is 7.52. The summed E-state index contributed by atoms with van der Waals surface area (Å²) in [5.41, 5.74) is 9.13. The van der Waals surface area contributed by atoms with Gasteiger partial charge in [-0.1, -0.05) is 66.2 Å². The molecule has 3 N–H and O–H groups in total. The molecular weight excluding hydrogens is 490 g/mol. The Kier molecular flexibility index (Phi) is 8.61. The number of hydrogen-bond donors (Lipinski definition) is 2. The van der Waals surface area contributed by atoms with Gasteiger partial charge in [-0.2, -0.15) is 0 Å². The van der Waals surface area contributed by atoms with Crippen molar-refractivity contribution >= 4 is 30.1 Å². The third-order valence-electron chi connectivity index (χ3n) is 6.75. The summed E-state index contributed by atoms with van der Waals surface area (Å²) in [6.45, 7) is 4.32. The van der Waals surface area contributed by atoms with Crippen LogP contribution in [0, 0.1) is 17.7 Å². The number of amidine groups is 1. The lowest BCUT2D eigenvalue weighted by atomic mass is 9.87. The van der Waals surface area contributed by atoms with E-state index in [1.54, 1.807) is 11.8 Å². The second kappa shape index (κ2) is 11.5. The molecule has 0 aliphatic carbocycles. The smallest absolute Gasteiger partial charge is 0.321 e. The first-order valence-corrected chi connectivity index (χ1v) is 11.8. The molecule has 1 saturated heterocycles. The van der Waals surface area contributed by atoms with Crippen LogP contribution in [0.2, 0.25) is 0 Å². The van der Waals surface area contributed by atoms with Crippen LogP contribution in [0.4, 0.5) is 0 Å². The van der Waals surface area contributed by atoms with E-state index in [4.69, 9.17) is 20.6 Å². The van der Waals surface area contributed by atoms with Crippen LogP contribution in [0.25, 0.3) is 11.1 Å². The average molecular weight is 522 g/mol. The molecule has 0 bridgehead atoms. The zero-order valence-corrected chi connectivity index (χ0v) is 22.0. The predicted octanol–water partition coefficient (Wildman–Crippen LogP) is 4.73. The Balaban J connectivity index is 0.00000380. The number of ether oxygens (including phenoxy) is 2. The van der Waals surface area contributed by atoms with Gasteiger partial charge in [0.2, 0.25) is 5.91 Å². The van der Waals surface area contributed by atoms with Gasteiger partial charge in [0.1, 0.15) is 23.6 Å².